The highest BCUT2D eigenvalue weighted by atomic mass is 16.6. The van der Waals surface area contributed by atoms with Crippen LogP contribution in [0.15, 0.2) is 97.1 Å². The smallest absolute Gasteiger partial charge is 0.341 e. The van der Waals surface area contributed by atoms with Crippen molar-refractivity contribution in [2.45, 2.75) is 208 Å². The number of esters is 4. The van der Waals surface area contributed by atoms with Gasteiger partial charge in [0, 0.05) is 42.4 Å². The molecule has 0 fully saturated rings. The van der Waals surface area contributed by atoms with Crippen LogP contribution in [-0.4, -0.2) is 83.3 Å². The number of carbonyl (C=O) groups excluding carboxylic acids is 4. The van der Waals surface area contributed by atoms with E-state index in [-0.39, 0.29) is 108 Å². The maximum atomic E-state index is 13.1. The largest absolute Gasteiger partial charge is 0.489 e. The van der Waals surface area contributed by atoms with Crippen LogP contribution in [0.4, 0.5) is 0 Å². The number of fused-ring (bicyclic) bond motifs is 8. The van der Waals surface area contributed by atoms with E-state index in [0.29, 0.717) is 48.7 Å². The molecule has 0 aliphatic heterocycles. The molecule has 0 spiro atoms. The molecule has 97 heavy (non-hydrogen) atoms. The number of benzene rings is 4. The van der Waals surface area contributed by atoms with E-state index < -0.39 is 23.9 Å². The third-order valence-electron chi connectivity index (χ3n) is 16.6. The molecule has 8 bridgehead atoms. The predicted octanol–water partition coefficient (Wildman–Crippen LogP) is 17.1. The lowest BCUT2D eigenvalue weighted by atomic mass is 9.87. The van der Waals surface area contributed by atoms with Crippen LogP contribution in [0.3, 0.4) is 0 Å². The highest BCUT2D eigenvalue weighted by Gasteiger charge is 2.26. The van der Waals surface area contributed by atoms with Gasteiger partial charge in [-0.2, -0.15) is 15.8 Å². The van der Waals surface area contributed by atoms with E-state index in [2.05, 4.69) is 107 Å². The van der Waals surface area contributed by atoms with Crippen LogP contribution in [0.1, 0.15) is 224 Å². The Morgan fingerprint density at radius 3 is 0.784 bits per heavy atom. The number of rotatable bonds is 44. The van der Waals surface area contributed by atoms with Crippen LogP contribution in [0.2, 0.25) is 0 Å². The fraction of sp³-hybridized carbons (Fsp3) is 0.506. The number of ether oxygens (including phenoxy) is 8. The average molecular weight is 1330 g/mol. The summed E-state index contributed by atoms with van der Waals surface area (Å²) < 4.78 is 50.7. The second kappa shape index (κ2) is 45.3. The summed E-state index contributed by atoms with van der Waals surface area (Å²) in [4.78, 5) is 55.7. The lowest BCUT2D eigenvalue weighted by Gasteiger charge is -2.25. The van der Waals surface area contributed by atoms with Crippen LogP contribution in [-0.2, 0) is 89.5 Å². The monoisotopic (exact) mass is 1320 g/mol. The average Bonchev–Trinajstić information content (AvgIpc) is 0.780. The molecule has 16 nitrogen and oxygen atoms in total. The van der Waals surface area contributed by atoms with Crippen molar-refractivity contribution in [3.63, 3.8) is 0 Å². The van der Waals surface area contributed by atoms with Crippen LogP contribution >= 0.6 is 0 Å². The Balaban J connectivity index is 0.0000200. The number of hydrogen-bond acceptors (Lipinski definition) is 15. The Labute approximate surface area is 578 Å². The van der Waals surface area contributed by atoms with Crippen molar-refractivity contribution >= 4 is 23.9 Å². The van der Waals surface area contributed by atoms with Gasteiger partial charge in [0.1, 0.15) is 81.4 Å². The highest BCUT2D eigenvalue weighted by molar-refractivity contribution is 5.89. The Hall–Kier alpha value is -9.12. The number of unbranched alkanes of at least 4 members (excludes halogenated alkanes) is 12. The topological polar surface area (TPSA) is 218 Å². The fourth-order valence-corrected chi connectivity index (χ4v) is 11.7. The van der Waals surface area contributed by atoms with Gasteiger partial charge >= 0.3 is 23.9 Å². The normalized spacial score (nSPS) is 11.2. The number of hydrogen-bond donors (Lipinski definition) is 0. The van der Waals surface area contributed by atoms with Gasteiger partial charge in [-0.25, -0.2) is 25.8 Å². The minimum absolute atomic E-state index is 0. The first-order valence-electron chi connectivity index (χ1n) is 34.5. The van der Waals surface area contributed by atoms with Crippen LogP contribution in [0, 0.1) is 40.6 Å². The molecule has 5 rings (SSSR count). The van der Waals surface area contributed by atoms with Gasteiger partial charge in [-0.1, -0.05) is 187 Å². The van der Waals surface area contributed by atoms with Crippen molar-refractivity contribution in [2.75, 3.05) is 59.4 Å². The molecule has 0 radical (unpaired) electrons. The lowest BCUT2D eigenvalue weighted by Crippen LogP contribution is -2.17. The first-order chi connectivity index (χ1) is 46.6. The number of carbonyl (C=O) groups is 4. The SMILES string of the molecule is C.[C-]#[N+]CC(=C)C(=O)OCCOc1c2cc(CCCCCC)cc1Cc1cc(CCCCCC)cc(c1OCCOC(=O)C(=C)CC#N)Cc1cc(CCCCCC)cc(c1OCCOC(=O)C(=C)CC#N)Cc1cc(CCCCCC)cc(c1OCCOC(=O)C(=C)CC#N)C2. The summed E-state index contributed by atoms with van der Waals surface area (Å²) in [6.07, 6.45) is 20.2. The summed E-state index contributed by atoms with van der Waals surface area (Å²) in [5.41, 5.74) is 11.3. The molecular formula is C81H104N4O12. The van der Waals surface area contributed by atoms with Crippen molar-refractivity contribution < 1.29 is 57.1 Å². The van der Waals surface area contributed by atoms with E-state index in [1.54, 1.807) is 0 Å². The molecule has 0 atom stereocenters. The van der Waals surface area contributed by atoms with Gasteiger partial charge in [0.25, 0.3) is 0 Å². The van der Waals surface area contributed by atoms with E-state index in [1.165, 1.54) is 0 Å². The van der Waals surface area contributed by atoms with Crippen LogP contribution in [0.25, 0.3) is 4.85 Å². The fourth-order valence-electron chi connectivity index (χ4n) is 11.7. The van der Waals surface area contributed by atoms with E-state index >= 15 is 0 Å². The highest BCUT2D eigenvalue weighted by Crippen LogP contribution is 2.42. The van der Waals surface area contributed by atoms with E-state index in [0.717, 1.165) is 195 Å². The lowest BCUT2D eigenvalue weighted by molar-refractivity contribution is -0.140. The van der Waals surface area contributed by atoms with E-state index in [9.17, 15) is 35.0 Å². The molecule has 0 saturated carbocycles. The van der Waals surface area contributed by atoms with Gasteiger partial charge in [-0.3, -0.25) is 0 Å². The molecule has 4 aromatic carbocycles. The first kappa shape index (κ1) is 80.3. The maximum absolute atomic E-state index is 13.1. The molecule has 520 valence electrons. The summed E-state index contributed by atoms with van der Waals surface area (Å²) in [5, 5.41) is 28.1. The first-order valence-corrected chi connectivity index (χ1v) is 34.5. The minimum Gasteiger partial charge on any atom is -0.489 e. The Morgan fingerprint density at radius 1 is 0.371 bits per heavy atom. The van der Waals surface area contributed by atoms with Crippen molar-refractivity contribution in [1.82, 2.24) is 0 Å². The summed E-state index contributed by atoms with van der Waals surface area (Å²) in [7, 11) is 0. The number of nitriles is 3. The van der Waals surface area contributed by atoms with Gasteiger partial charge in [0.2, 0.25) is 6.54 Å². The summed E-state index contributed by atoms with van der Waals surface area (Å²) in [6.45, 7) is 30.3. The molecule has 0 aromatic heterocycles. The van der Waals surface area contributed by atoms with Crippen molar-refractivity contribution in [3.05, 3.63) is 175 Å². The van der Waals surface area contributed by atoms with Crippen LogP contribution in [0.5, 0.6) is 23.0 Å². The van der Waals surface area contributed by atoms with Crippen LogP contribution < -0.4 is 18.9 Å². The molecule has 0 N–H and O–H groups in total. The predicted molar refractivity (Wildman–Crippen MR) is 380 cm³/mol. The van der Waals surface area contributed by atoms with Gasteiger partial charge in [0.05, 0.1) is 37.5 Å². The molecule has 0 unspecified atom stereocenters. The van der Waals surface area contributed by atoms with Gasteiger partial charge in [-0.05, 0) is 118 Å². The standard InChI is InChI=1S/C80H100N4O12.CH4/c1-10-14-18-22-26-61-44-65-52-67-46-62(27-23-19-15-11-2)48-69(74(67)90-37-41-94-78(86)58(6)31-34-82)54-71-50-64(29-25-21-17-13-4)51-72(76(71)92-39-43-96-80(88)60(8)56-84-9)55-70-49-63(28-24-20-16-12-3)47-68(75(70)91-38-42-95-79(87)59(7)32-35-83)53-66(45-61)73(65)89-36-40-93-77(85)57(5)30-33-81;/h44-51H,5-8,10-32,36-43,52-56H2,1-4H3;1H4. The van der Waals surface area contributed by atoms with Crippen molar-refractivity contribution in [2.24, 2.45) is 0 Å². The van der Waals surface area contributed by atoms with E-state index in [1.807, 2.05) is 18.2 Å². The van der Waals surface area contributed by atoms with Gasteiger partial charge in [0.15, 0.2) is 0 Å². The minimum atomic E-state index is -0.690. The molecule has 16 heteroatoms. The second-order valence-corrected chi connectivity index (χ2v) is 24.6. The van der Waals surface area contributed by atoms with Gasteiger partial charge in [-0.15, -0.1) is 0 Å². The Kier molecular flexibility index (Phi) is 37.5. The molecule has 1 aliphatic carbocycles. The third-order valence-corrected chi connectivity index (χ3v) is 16.6. The summed E-state index contributed by atoms with van der Waals surface area (Å²) >= 11 is 0. The maximum Gasteiger partial charge on any atom is 0.341 e. The molecule has 0 heterocycles. The summed E-state index contributed by atoms with van der Waals surface area (Å²) in [6, 6.07) is 23.6. The number of aryl methyl sites for hydroxylation is 4. The zero-order chi connectivity index (χ0) is 69.5. The second-order valence-electron chi connectivity index (χ2n) is 24.6. The molecule has 4 aromatic rings. The zero-order valence-corrected chi connectivity index (χ0v) is 57.6. The molecule has 0 saturated heterocycles. The molecule has 1 aliphatic rings. The number of nitrogens with zero attached hydrogens (tertiary/aromatic N) is 4. The van der Waals surface area contributed by atoms with Gasteiger partial charge < -0.3 is 42.7 Å². The quantitative estimate of drug-likeness (QED) is 0.0116. The molecule has 0 amide bonds. The summed E-state index contributed by atoms with van der Waals surface area (Å²) in [5.74, 6) is -0.435. The van der Waals surface area contributed by atoms with E-state index in [4.69, 9.17) is 44.5 Å². The Bertz CT molecular complexity index is 2930. The zero-order valence-electron chi connectivity index (χ0n) is 57.6. The third kappa shape index (κ3) is 27.5. The van der Waals surface area contributed by atoms with Crippen molar-refractivity contribution in [1.29, 1.82) is 15.8 Å². The van der Waals surface area contributed by atoms with Crippen molar-refractivity contribution in [3.8, 4) is 41.2 Å². The Morgan fingerprint density at radius 2 is 0.588 bits per heavy atom. The molecular weight excluding hydrogens is 1220 g/mol.